The minimum atomic E-state index is 0.111. The van der Waals surface area contributed by atoms with Gasteiger partial charge in [-0.1, -0.05) is 83.6 Å². The number of thioether (sulfide) groups is 2. The molecule has 22 heavy (non-hydrogen) atoms. The number of allylic oxidation sites excluding steroid dienone is 1. The molecule has 1 aliphatic rings. The van der Waals surface area contributed by atoms with Gasteiger partial charge >= 0.3 is 0 Å². The molecule has 0 spiro atoms. The Kier molecular flexibility index (Phi) is 8.08. The van der Waals surface area contributed by atoms with Gasteiger partial charge in [-0.05, 0) is 48.2 Å². The predicted molar refractivity (Wildman–Crippen MR) is 104 cm³/mol. The lowest BCUT2D eigenvalue weighted by Gasteiger charge is -2.36. The zero-order valence-corrected chi connectivity index (χ0v) is 17.0. The van der Waals surface area contributed by atoms with E-state index in [0.29, 0.717) is 5.92 Å². The lowest BCUT2D eigenvalue weighted by molar-refractivity contribution is 0.178. The van der Waals surface area contributed by atoms with Crippen LogP contribution in [0.1, 0.15) is 60.8 Å². The van der Waals surface area contributed by atoms with Gasteiger partial charge in [0.2, 0.25) is 4.45 Å². The Morgan fingerprint density at radius 1 is 1.23 bits per heavy atom. The molecular formula is C19H34OS2. The third-order valence-corrected chi connectivity index (χ3v) is 7.28. The van der Waals surface area contributed by atoms with E-state index in [4.69, 9.17) is 0 Å². The second-order valence-electron chi connectivity index (χ2n) is 8.23. The summed E-state index contributed by atoms with van der Waals surface area (Å²) in [7, 11) is 0. The standard InChI is InChI=1S/C19H34OS2/c1-13(2)16-10-8-14(3)12-15(16)9-11-17(19(4,5)6)22-18(20)21-7/h9,11,13-17H,8,10,12H2,1-7H3/b11-9+/t14-,15-,16+,17+/m1/s1. The number of rotatable bonds is 4. The number of carbonyl (C=O) groups excluding carboxylic acids is 1. The van der Waals surface area contributed by atoms with Crippen LogP contribution in [0.3, 0.4) is 0 Å². The fourth-order valence-corrected chi connectivity index (χ4v) is 4.82. The molecule has 1 nitrogen and oxygen atoms in total. The molecule has 1 saturated carbocycles. The minimum absolute atomic E-state index is 0.111. The molecule has 0 N–H and O–H groups in total. The summed E-state index contributed by atoms with van der Waals surface area (Å²) in [5, 5.41) is 0.262. The molecular weight excluding hydrogens is 308 g/mol. The van der Waals surface area contributed by atoms with E-state index in [2.05, 4.69) is 53.7 Å². The third-order valence-electron chi connectivity index (χ3n) is 4.85. The van der Waals surface area contributed by atoms with Crippen molar-refractivity contribution in [3.63, 3.8) is 0 Å². The molecule has 1 fully saturated rings. The highest BCUT2D eigenvalue weighted by Gasteiger charge is 2.30. The second kappa shape index (κ2) is 8.82. The average Bonchev–Trinajstić information content (AvgIpc) is 2.41. The summed E-state index contributed by atoms with van der Waals surface area (Å²) in [5.41, 5.74) is 0.111. The first-order chi connectivity index (χ1) is 10.1. The molecule has 0 radical (unpaired) electrons. The summed E-state index contributed by atoms with van der Waals surface area (Å²) in [5.74, 6) is 3.06. The van der Waals surface area contributed by atoms with Crippen molar-refractivity contribution >= 4 is 28.0 Å². The van der Waals surface area contributed by atoms with Gasteiger partial charge in [0.1, 0.15) is 0 Å². The molecule has 4 atom stereocenters. The first-order valence-electron chi connectivity index (χ1n) is 8.58. The highest BCUT2D eigenvalue weighted by molar-refractivity contribution is 8.38. The molecule has 3 heteroatoms. The maximum absolute atomic E-state index is 11.8. The van der Waals surface area contributed by atoms with Crippen molar-refractivity contribution in [2.24, 2.45) is 29.1 Å². The fourth-order valence-electron chi connectivity index (χ4n) is 3.40. The van der Waals surface area contributed by atoms with Crippen molar-refractivity contribution in [2.75, 3.05) is 6.26 Å². The van der Waals surface area contributed by atoms with E-state index in [9.17, 15) is 4.79 Å². The Hall–Kier alpha value is 0.110. The van der Waals surface area contributed by atoms with Crippen LogP contribution in [0.15, 0.2) is 12.2 Å². The molecule has 0 amide bonds. The number of hydrogen-bond donors (Lipinski definition) is 0. The van der Waals surface area contributed by atoms with E-state index in [1.165, 1.54) is 42.8 Å². The first-order valence-corrected chi connectivity index (χ1v) is 10.7. The highest BCUT2D eigenvalue weighted by Crippen LogP contribution is 2.40. The van der Waals surface area contributed by atoms with Gasteiger partial charge in [-0.25, -0.2) is 0 Å². The molecule has 0 bridgehead atoms. The quantitative estimate of drug-likeness (QED) is 0.518. The van der Waals surface area contributed by atoms with E-state index in [1.54, 1.807) is 0 Å². The average molecular weight is 343 g/mol. The number of carbonyl (C=O) groups is 1. The van der Waals surface area contributed by atoms with Crippen LogP contribution in [-0.4, -0.2) is 16.0 Å². The van der Waals surface area contributed by atoms with Gasteiger partial charge in [-0.2, -0.15) is 0 Å². The van der Waals surface area contributed by atoms with E-state index in [0.717, 1.165) is 17.8 Å². The van der Waals surface area contributed by atoms with Crippen molar-refractivity contribution in [3.05, 3.63) is 12.2 Å². The van der Waals surface area contributed by atoms with Crippen LogP contribution in [-0.2, 0) is 0 Å². The monoisotopic (exact) mass is 342 g/mol. The molecule has 0 aromatic heterocycles. The fraction of sp³-hybridized carbons (Fsp3) is 0.842. The number of hydrogen-bond acceptors (Lipinski definition) is 3. The maximum atomic E-state index is 11.8. The summed E-state index contributed by atoms with van der Waals surface area (Å²) in [6, 6.07) is 0. The SMILES string of the molecule is CSC(=O)S[C@@H](/C=C/[C@@H]1C[C@H](C)CC[C@H]1C(C)C)C(C)(C)C. The van der Waals surface area contributed by atoms with E-state index in [1.807, 2.05) is 6.26 Å². The van der Waals surface area contributed by atoms with Crippen molar-refractivity contribution < 1.29 is 4.79 Å². The van der Waals surface area contributed by atoms with Gasteiger partial charge < -0.3 is 0 Å². The summed E-state index contributed by atoms with van der Waals surface area (Å²) < 4.78 is 0.224. The smallest absolute Gasteiger partial charge is 0.246 e. The molecule has 0 saturated heterocycles. The second-order valence-corrected chi connectivity index (χ2v) is 10.4. The summed E-state index contributed by atoms with van der Waals surface area (Å²) in [6.45, 7) is 13.8. The molecule has 0 unspecified atom stereocenters. The summed E-state index contributed by atoms with van der Waals surface area (Å²) in [6.07, 6.45) is 10.7. The molecule has 0 aliphatic heterocycles. The van der Waals surface area contributed by atoms with Crippen LogP contribution in [0.4, 0.5) is 4.79 Å². The van der Waals surface area contributed by atoms with Gasteiger partial charge in [0.05, 0.1) is 0 Å². The molecule has 1 aliphatic carbocycles. The van der Waals surface area contributed by atoms with Crippen LogP contribution in [0.5, 0.6) is 0 Å². The lowest BCUT2D eigenvalue weighted by Crippen LogP contribution is -2.27. The summed E-state index contributed by atoms with van der Waals surface area (Å²) in [4.78, 5) is 11.8. The molecule has 0 aromatic carbocycles. The Labute approximate surface area is 146 Å². The Balaban J connectivity index is 2.84. The first kappa shape index (κ1) is 20.2. The van der Waals surface area contributed by atoms with Crippen LogP contribution in [0.25, 0.3) is 0 Å². The van der Waals surface area contributed by atoms with Crippen molar-refractivity contribution in [1.82, 2.24) is 0 Å². The zero-order valence-electron chi connectivity index (χ0n) is 15.4. The van der Waals surface area contributed by atoms with Crippen molar-refractivity contribution in [1.29, 1.82) is 0 Å². The maximum Gasteiger partial charge on any atom is 0.246 e. The van der Waals surface area contributed by atoms with Crippen LogP contribution in [0.2, 0.25) is 0 Å². The van der Waals surface area contributed by atoms with Crippen molar-refractivity contribution in [3.8, 4) is 0 Å². The largest absolute Gasteiger partial charge is 0.274 e. The summed E-state index contributed by atoms with van der Waals surface area (Å²) >= 11 is 2.81. The Bertz CT molecular complexity index is 381. The van der Waals surface area contributed by atoms with Crippen molar-refractivity contribution in [2.45, 2.75) is 66.1 Å². The van der Waals surface area contributed by atoms with E-state index < -0.39 is 0 Å². The van der Waals surface area contributed by atoms with Crippen LogP contribution in [0, 0.1) is 29.1 Å². The molecule has 0 heterocycles. The molecule has 0 aromatic rings. The van der Waals surface area contributed by atoms with Gasteiger partial charge in [-0.3, -0.25) is 4.79 Å². The Morgan fingerprint density at radius 3 is 2.36 bits per heavy atom. The van der Waals surface area contributed by atoms with Crippen LogP contribution >= 0.6 is 23.5 Å². The minimum Gasteiger partial charge on any atom is -0.274 e. The Morgan fingerprint density at radius 2 is 1.86 bits per heavy atom. The van der Waals surface area contributed by atoms with E-state index in [-0.39, 0.29) is 15.1 Å². The lowest BCUT2D eigenvalue weighted by atomic mass is 9.70. The molecule has 128 valence electrons. The van der Waals surface area contributed by atoms with E-state index >= 15 is 0 Å². The molecule has 1 rings (SSSR count). The van der Waals surface area contributed by atoms with Gasteiger partial charge in [0.15, 0.2) is 0 Å². The third kappa shape index (κ3) is 6.31. The zero-order chi connectivity index (χ0) is 16.9. The topological polar surface area (TPSA) is 17.1 Å². The van der Waals surface area contributed by atoms with Crippen LogP contribution < -0.4 is 0 Å². The highest BCUT2D eigenvalue weighted by atomic mass is 32.2. The predicted octanol–water partition coefficient (Wildman–Crippen LogP) is 6.88. The van der Waals surface area contributed by atoms with Gasteiger partial charge in [0, 0.05) is 5.25 Å². The normalized spacial score (nSPS) is 28.3. The van der Waals surface area contributed by atoms with Gasteiger partial charge in [-0.15, -0.1) is 0 Å². The van der Waals surface area contributed by atoms with Gasteiger partial charge in [0.25, 0.3) is 0 Å².